The first-order chi connectivity index (χ1) is 12.9. The van der Waals surface area contributed by atoms with Crippen LogP contribution in [0.25, 0.3) is 22.2 Å². The topological polar surface area (TPSA) is 69.4 Å². The highest BCUT2D eigenvalue weighted by Crippen LogP contribution is 2.36. The van der Waals surface area contributed by atoms with Gasteiger partial charge in [0.25, 0.3) is 0 Å². The molecule has 0 saturated heterocycles. The van der Waals surface area contributed by atoms with Crippen LogP contribution in [-0.2, 0) is 0 Å². The van der Waals surface area contributed by atoms with E-state index < -0.39 is 0 Å². The lowest BCUT2D eigenvalue weighted by molar-refractivity contribution is 0.172. The molecule has 2 aromatic heterocycles. The molecule has 0 radical (unpaired) electrons. The standard InChI is InChI=1S/C20H15N3O3.ClH/c1-3-13(17-5-2-6-24-17)9-14(4-1)23-20-15-10-18-19(26-8-7-25-18)11-16(15)21-12-22-20;/h1-6,9-12H,7-8H2,(H,21,22,23);1H. The Balaban J connectivity index is 0.00000180. The predicted octanol–water partition coefficient (Wildman–Crippen LogP) is 4.83. The van der Waals surface area contributed by atoms with Crippen molar-refractivity contribution in [2.45, 2.75) is 0 Å². The largest absolute Gasteiger partial charge is 0.486 e. The maximum Gasteiger partial charge on any atom is 0.163 e. The molecule has 0 aliphatic carbocycles. The van der Waals surface area contributed by atoms with Crippen LogP contribution in [-0.4, -0.2) is 23.2 Å². The zero-order valence-corrected chi connectivity index (χ0v) is 15.0. The quantitative estimate of drug-likeness (QED) is 0.548. The molecule has 1 N–H and O–H groups in total. The van der Waals surface area contributed by atoms with E-state index >= 15 is 0 Å². The van der Waals surface area contributed by atoms with Gasteiger partial charge in [-0.15, -0.1) is 12.4 Å². The minimum atomic E-state index is 0. The molecule has 3 heterocycles. The fourth-order valence-corrected chi connectivity index (χ4v) is 3.02. The van der Waals surface area contributed by atoms with Gasteiger partial charge in [-0.25, -0.2) is 9.97 Å². The summed E-state index contributed by atoms with van der Waals surface area (Å²) in [5, 5.41) is 4.24. The van der Waals surface area contributed by atoms with Gasteiger partial charge in [-0.1, -0.05) is 12.1 Å². The van der Waals surface area contributed by atoms with E-state index in [0.29, 0.717) is 30.5 Å². The van der Waals surface area contributed by atoms with Crippen molar-refractivity contribution in [1.82, 2.24) is 9.97 Å². The molecule has 136 valence electrons. The Hall–Kier alpha value is -3.25. The van der Waals surface area contributed by atoms with Crippen LogP contribution in [0.3, 0.4) is 0 Å². The lowest BCUT2D eigenvalue weighted by Gasteiger charge is -2.19. The summed E-state index contributed by atoms with van der Waals surface area (Å²) >= 11 is 0. The number of benzene rings is 2. The Kier molecular flexibility index (Phi) is 4.56. The minimum Gasteiger partial charge on any atom is -0.486 e. The first-order valence-corrected chi connectivity index (χ1v) is 8.32. The molecule has 2 aromatic carbocycles. The Bertz CT molecular complexity index is 1080. The van der Waals surface area contributed by atoms with Crippen LogP contribution in [0.2, 0.25) is 0 Å². The van der Waals surface area contributed by atoms with Gasteiger partial charge in [-0.3, -0.25) is 0 Å². The van der Waals surface area contributed by atoms with Crippen LogP contribution < -0.4 is 14.8 Å². The molecule has 1 aliphatic heterocycles. The van der Waals surface area contributed by atoms with Crippen molar-refractivity contribution in [3.05, 3.63) is 61.1 Å². The predicted molar refractivity (Wildman–Crippen MR) is 105 cm³/mol. The van der Waals surface area contributed by atoms with Crippen molar-refractivity contribution in [1.29, 1.82) is 0 Å². The van der Waals surface area contributed by atoms with E-state index in [4.69, 9.17) is 13.9 Å². The fraction of sp³-hybridized carbons (Fsp3) is 0.100. The van der Waals surface area contributed by atoms with Gasteiger partial charge < -0.3 is 19.2 Å². The average Bonchev–Trinajstić information content (AvgIpc) is 3.22. The molecule has 7 heteroatoms. The number of ether oxygens (including phenoxy) is 2. The van der Waals surface area contributed by atoms with E-state index in [1.54, 1.807) is 6.26 Å². The normalized spacial score (nSPS) is 12.4. The second-order valence-corrected chi connectivity index (χ2v) is 5.92. The summed E-state index contributed by atoms with van der Waals surface area (Å²) in [6.45, 7) is 1.09. The van der Waals surface area contributed by atoms with Crippen LogP contribution in [0.4, 0.5) is 11.5 Å². The zero-order valence-electron chi connectivity index (χ0n) is 14.2. The fourth-order valence-electron chi connectivity index (χ4n) is 3.02. The Labute approximate surface area is 161 Å². The highest BCUT2D eigenvalue weighted by atomic mass is 35.5. The lowest BCUT2D eigenvalue weighted by Crippen LogP contribution is -2.15. The molecule has 0 amide bonds. The monoisotopic (exact) mass is 381 g/mol. The maximum absolute atomic E-state index is 5.68. The molecule has 0 unspecified atom stereocenters. The number of hydrogen-bond acceptors (Lipinski definition) is 6. The first kappa shape index (κ1) is 17.2. The van der Waals surface area contributed by atoms with E-state index in [-0.39, 0.29) is 12.4 Å². The maximum atomic E-state index is 5.68. The number of aromatic nitrogens is 2. The van der Waals surface area contributed by atoms with E-state index in [2.05, 4.69) is 15.3 Å². The number of nitrogens with zero attached hydrogens (tertiary/aromatic N) is 2. The van der Waals surface area contributed by atoms with E-state index in [9.17, 15) is 0 Å². The van der Waals surface area contributed by atoms with E-state index in [0.717, 1.165) is 27.9 Å². The number of hydrogen-bond donors (Lipinski definition) is 1. The van der Waals surface area contributed by atoms with E-state index in [1.807, 2.05) is 48.5 Å². The molecule has 0 spiro atoms. The summed E-state index contributed by atoms with van der Waals surface area (Å²) in [4.78, 5) is 8.75. The summed E-state index contributed by atoms with van der Waals surface area (Å²) in [6, 6.07) is 15.6. The lowest BCUT2D eigenvalue weighted by atomic mass is 10.1. The van der Waals surface area contributed by atoms with Gasteiger partial charge in [0.15, 0.2) is 11.5 Å². The third-order valence-corrected chi connectivity index (χ3v) is 4.23. The van der Waals surface area contributed by atoms with Crippen molar-refractivity contribution in [2.75, 3.05) is 18.5 Å². The summed E-state index contributed by atoms with van der Waals surface area (Å²) in [7, 11) is 0. The molecule has 6 nitrogen and oxygen atoms in total. The Morgan fingerprint density at radius 1 is 0.889 bits per heavy atom. The number of anilines is 2. The number of furan rings is 1. The average molecular weight is 382 g/mol. The highest BCUT2D eigenvalue weighted by Gasteiger charge is 2.15. The third kappa shape index (κ3) is 3.27. The van der Waals surface area contributed by atoms with Gasteiger partial charge in [0.05, 0.1) is 11.8 Å². The van der Waals surface area contributed by atoms with Gasteiger partial charge in [0.1, 0.15) is 31.1 Å². The summed E-state index contributed by atoms with van der Waals surface area (Å²) in [5.74, 6) is 2.96. The van der Waals surface area contributed by atoms with Crippen molar-refractivity contribution < 1.29 is 13.9 Å². The zero-order chi connectivity index (χ0) is 17.3. The highest BCUT2D eigenvalue weighted by molar-refractivity contribution is 5.93. The summed E-state index contributed by atoms with van der Waals surface area (Å²) in [6.07, 6.45) is 3.20. The molecule has 5 rings (SSSR count). The van der Waals surface area contributed by atoms with Gasteiger partial charge >= 0.3 is 0 Å². The second kappa shape index (κ2) is 7.17. The third-order valence-electron chi connectivity index (χ3n) is 4.23. The SMILES string of the molecule is Cl.c1cc(Nc2ncnc3cc4c(cc23)OCCO4)cc(-c2ccco2)c1. The minimum absolute atomic E-state index is 0. The van der Waals surface area contributed by atoms with Crippen LogP contribution in [0.15, 0.2) is 65.5 Å². The number of rotatable bonds is 3. The summed E-state index contributed by atoms with van der Waals surface area (Å²) < 4.78 is 16.8. The second-order valence-electron chi connectivity index (χ2n) is 5.92. The van der Waals surface area contributed by atoms with Crippen LogP contribution in [0.5, 0.6) is 11.5 Å². The summed E-state index contributed by atoms with van der Waals surface area (Å²) in [5.41, 5.74) is 2.70. The number of halogens is 1. The van der Waals surface area contributed by atoms with Crippen molar-refractivity contribution in [3.8, 4) is 22.8 Å². The number of nitrogens with one attached hydrogen (secondary N) is 1. The molecule has 0 fully saturated rings. The van der Waals surface area contributed by atoms with Gasteiger partial charge in [0.2, 0.25) is 0 Å². The van der Waals surface area contributed by atoms with Crippen molar-refractivity contribution in [3.63, 3.8) is 0 Å². The van der Waals surface area contributed by atoms with Crippen molar-refractivity contribution in [2.24, 2.45) is 0 Å². The smallest absolute Gasteiger partial charge is 0.163 e. The van der Waals surface area contributed by atoms with Gasteiger partial charge in [-0.05, 0) is 30.3 Å². The molecule has 1 aliphatic rings. The molecule has 0 atom stereocenters. The molecule has 27 heavy (non-hydrogen) atoms. The molecule has 0 saturated carbocycles. The van der Waals surface area contributed by atoms with Crippen LogP contribution >= 0.6 is 12.4 Å². The molecular weight excluding hydrogens is 366 g/mol. The first-order valence-electron chi connectivity index (χ1n) is 8.32. The molecule has 0 bridgehead atoms. The van der Waals surface area contributed by atoms with Gasteiger partial charge in [0, 0.05) is 22.7 Å². The Morgan fingerprint density at radius 3 is 2.56 bits per heavy atom. The molecular formula is C20H16ClN3O3. The molecule has 4 aromatic rings. The van der Waals surface area contributed by atoms with Crippen molar-refractivity contribution >= 4 is 34.8 Å². The number of fused-ring (bicyclic) bond motifs is 2. The van der Waals surface area contributed by atoms with Crippen LogP contribution in [0, 0.1) is 0 Å². The van der Waals surface area contributed by atoms with E-state index in [1.165, 1.54) is 6.33 Å². The van der Waals surface area contributed by atoms with Crippen LogP contribution in [0.1, 0.15) is 0 Å². The Morgan fingerprint density at radius 2 is 1.74 bits per heavy atom. The van der Waals surface area contributed by atoms with Gasteiger partial charge in [-0.2, -0.15) is 0 Å².